The molecule has 0 aliphatic carbocycles. The van der Waals surface area contributed by atoms with Crippen LogP contribution >= 0.6 is 11.8 Å². The van der Waals surface area contributed by atoms with E-state index in [4.69, 9.17) is 18.9 Å². The van der Waals surface area contributed by atoms with Crippen molar-refractivity contribution < 1.29 is 42.9 Å². The lowest BCUT2D eigenvalue weighted by Gasteiger charge is -2.46. The number of nitrogens with one attached hydrogen (secondary N) is 2. The number of methoxy groups -OCH3 is 1. The first kappa shape index (κ1) is 36.7. The summed E-state index contributed by atoms with van der Waals surface area (Å²) in [6.07, 6.45) is -1.45. The van der Waals surface area contributed by atoms with Crippen LogP contribution in [0.5, 0.6) is 0 Å². The van der Waals surface area contributed by atoms with Gasteiger partial charge in [0.25, 0.3) is 11.7 Å². The largest absolute Gasteiger partial charge is 0.465 e. The van der Waals surface area contributed by atoms with Gasteiger partial charge in [-0.25, -0.2) is 4.79 Å². The van der Waals surface area contributed by atoms with Gasteiger partial charge in [0.15, 0.2) is 0 Å². The highest BCUT2D eigenvalue weighted by Crippen LogP contribution is 2.37. The maximum Gasteiger partial charge on any atom is 0.366 e. The molecule has 2 amide bonds. The van der Waals surface area contributed by atoms with Gasteiger partial charge < -0.3 is 29.6 Å². The highest BCUT2D eigenvalue weighted by molar-refractivity contribution is 7.99. The number of carbonyl (C=O) groups is 5. The lowest BCUT2D eigenvalue weighted by atomic mass is 9.82. The summed E-state index contributed by atoms with van der Waals surface area (Å²) in [4.78, 5) is 64.1. The van der Waals surface area contributed by atoms with E-state index in [1.807, 2.05) is 49.4 Å². The van der Waals surface area contributed by atoms with E-state index in [0.717, 1.165) is 22.6 Å². The van der Waals surface area contributed by atoms with Gasteiger partial charge in [-0.15, -0.1) is 0 Å². The van der Waals surface area contributed by atoms with Crippen molar-refractivity contribution in [3.8, 4) is 11.1 Å². The van der Waals surface area contributed by atoms with E-state index in [2.05, 4.69) is 10.6 Å². The number of benzene rings is 2. The number of amides is 2. The summed E-state index contributed by atoms with van der Waals surface area (Å²) in [5, 5.41) is 5.57. The van der Waals surface area contributed by atoms with E-state index in [1.165, 1.54) is 27.9 Å². The molecule has 1 fully saturated rings. The van der Waals surface area contributed by atoms with Crippen molar-refractivity contribution in [2.45, 2.75) is 71.0 Å². The van der Waals surface area contributed by atoms with Gasteiger partial charge in [-0.1, -0.05) is 49.4 Å². The van der Waals surface area contributed by atoms with Crippen molar-refractivity contribution >= 4 is 41.3 Å². The first-order valence-corrected chi connectivity index (χ1v) is 16.5. The fourth-order valence-electron chi connectivity index (χ4n) is 5.52. The van der Waals surface area contributed by atoms with Crippen LogP contribution in [-0.4, -0.2) is 85.3 Å². The minimum atomic E-state index is -1.84. The highest BCUT2D eigenvalue weighted by atomic mass is 32.2. The molecule has 2 unspecified atom stereocenters. The summed E-state index contributed by atoms with van der Waals surface area (Å²) in [6.45, 7) is 5.82. The molecule has 0 radical (unpaired) electrons. The van der Waals surface area contributed by atoms with E-state index in [1.54, 1.807) is 23.9 Å². The molecule has 12 heteroatoms. The fraction of sp³-hybridized carbons (Fsp3) is 0.500. The Morgan fingerprint density at radius 2 is 1.67 bits per heavy atom. The monoisotopic (exact) mass is 656 g/mol. The molecule has 1 aliphatic rings. The van der Waals surface area contributed by atoms with Gasteiger partial charge in [-0.05, 0) is 54.5 Å². The van der Waals surface area contributed by atoms with E-state index in [9.17, 15) is 24.0 Å². The summed E-state index contributed by atoms with van der Waals surface area (Å²) in [5.41, 5.74) is 2.30. The van der Waals surface area contributed by atoms with Crippen molar-refractivity contribution in [3.63, 3.8) is 0 Å². The molecule has 2 N–H and O–H groups in total. The molecule has 0 aromatic heterocycles. The minimum Gasteiger partial charge on any atom is -0.465 e. The van der Waals surface area contributed by atoms with Crippen molar-refractivity contribution in [2.75, 3.05) is 31.8 Å². The summed E-state index contributed by atoms with van der Waals surface area (Å²) in [7, 11) is 1.21. The third-order valence-corrected chi connectivity index (χ3v) is 8.61. The number of ether oxygens (including phenoxy) is 4. The van der Waals surface area contributed by atoms with Crippen LogP contribution in [0.2, 0.25) is 0 Å². The Bertz CT molecular complexity index is 1340. The molecule has 1 saturated heterocycles. The molecule has 5 atom stereocenters. The second-order valence-corrected chi connectivity index (χ2v) is 12.4. The van der Waals surface area contributed by atoms with Gasteiger partial charge in [0.1, 0.15) is 11.9 Å². The number of thioether (sulfide) groups is 1. The molecule has 3 rings (SSSR count). The van der Waals surface area contributed by atoms with Gasteiger partial charge >= 0.3 is 11.9 Å². The van der Waals surface area contributed by atoms with Crippen LogP contribution in [-0.2, 0) is 38.1 Å². The summed E-state index contributed by atoms with van der Waals surface area (Å²) < 4.78 is 23.0. The number of hydrogen-bond acceptors (Lipinski definition) is 10. The van der Waals surface area contributed by atoms with Gasteiger partial charge in [0.05, 0.1) is 38.3 Å². The van der Waals surface area contributed by atoms with Gasteiger partial charge in [0, 0.05) is 25.8 Å². The highest BCUT2D eigenvalue weighted by Gasteiger charge is 2.54. The maximum absolute atomic E-state index is 13.3. The topological polar surface area (TPSA) is 146 Å². The van der Waals surface area contributed by atoms with E-state index in [-0.39, 0.29) is 31.9 Å². The summed E-state index contributed by atoms with van der Waals surface area (Å²) in [6, 6.07) is 16.0. The van der Waals surface area contributed by atoms with Crippen LogP contribution in [0.1, 0.15) is 57.3 Å². The smallest absolute Gasteiger partial charge is 0.366 e. The van der Waals surface area contributed by atoms with Gasteiger partial charge in [0.2, 0.25) is 5.91 Å². The molecule has 2 aromatic carbocycles. The molecule has 1 heterocycles. The van der Waals surface area contributed by atoms with Crippen molar-refractivity contribution in [1.29, 1.82) is 0 Å². The van der Waals surface area contributed by atoms with Crippen LogP contribution in [0, 0.1) is 5.92 Å². The predicted molar refractivity (Wildman–Crippen MR) is 174 cm³/mol. The predicted octanol–water partition coefficient (Wildman–Crippen LogP) is 3.93. The molecule has 0 saturated carbocycles. The number of carbonyl (C=O) groups excluding carboxylic acids is 5. The molecule has 1 aliphatic heterocycles. The summed E-state index contributed by atoms with van der Waals surface area (Å²) >= 11 is 1.73. The molecule has 250 valence electrons. The second kappa shape index (κ2) is 17.8. The number of esters is 2. The van der Waals surface area contributed by atoms with Crippen LogP contribution in [0.25, 0.3) is 11.1 Å². The van der Waals surface area contributed by atoms with Gasteiger partial charge in [-0.3, -0.25) is 19.2 Å². The van der Waals surface area contributed by atoms with Crippen molar-refractivity contribution in [2.24, 2.45) is 5.92 Å². The van der Waals surface area contributed by atoms with E-state index >= 15 is 0 Å². The van der Waals surface area contributed by atoms with Gasteiger partial charge in [-0.2, -0.15) is 11.8 Å². The van der Waals surface area contributed by atoms with E-state index < -0.39 is 53.6 Å². The van der Waals surface area contributed by atoms with Crippen LogP contribution in [0.15, 0.2) is 54.6 Å². The maximum atomic E-state index is 13.3. The van der Waals surface area contributed by atoms with Crippen LogP contribution < -0.4 is 10.6 Å². The molecular formula is C34H44N2O9S. The number of rotatable bonds is 16. The fourth-order valence-corrected chi connectivity index (χ4v) is 6.13. The van der Waals surface area contributed by atoms with Crippen LogP contribution in [0.3, 0.4) is 0 Å². The molecule has 2 aromatic rings. The zero-order chi connectivity index (χ0) is 33.7. The molecular weight excluding hydrogens is 612 g/mol. The lowest BCUT2D eigenvalue weighted by Crippen LogP contribution is -2.63. The molecule has 0 spiro atoms. The normalized spacial score (nSPS) is 20.5. The average molecular weight is 657 g/mol. The van der Waals surface area contributed by atoms with Crippen LogP contribution in [0.4, 0.5) is 0 Å². The first-order chi connectivity index (χ1) is 22.0. The Labute approximate surface area is 274 Å². The third-order valence-electron chi connectivity index (χ3n) is 7.62. The molecule has 0 bridgehead atoms. The lowest BCUT2D eigenvalue weighted by molar-refractivity contribution is -0.291. The Balaban J connectivity index is 1.87. The number of Topliss-reactive ketones (excluding diaryl/α,β-unsaturated/α-hetero) is 1. The molecule has 46 heavy (non-hydrogen) atoms. The Hall–Kier alpha value is -3.74. The minimum absolute atomic E-state index is 0.0562. The first-order valence-electron chi connectivity index (χ1n) is 15.4. The Kier molecular flexibility index (Phi) is 14.2. The quantitative estimate of drug-likeness (QED) is 0.201. The second-order valence-electron chi connectivity index (χ2n) is 11.0. The third kappa shape index (κ3) is 10.1. The SMILES string of the molecule is CCSCCCO[C@]1(C(=O)OC)CC[C@@H](NC(C)=O)C([C@H](C(C)=O)C(CNC(=O)c2ccc(-c3ccccc3)cc2)OC(C)=O)O1. The zero-order valence-corrected chi connectivity index (χ0v) is 27.9. The zero-order valence-electron chi connectivity index (χ0n) is 27.0. The van der Waals surface area contributed by atoms with Crippen molar-refractivity contribution in [1.82, 2.24) is 10.6 Å². The molecule has 11 nitrogen and oxygen atoms in total. The number of hydrogen-bond donors (Lipinski definition) is 2. The average Bonchev–Trinajstić information content (AvgIpc) is 3.04. The standard InChI is InChI=1S/C34H44N2O9S/c1-6-46-20-10-19-43-34(33(41)42-5)18-17-28(36-23(3)38)31(45-34)30(22(2)37)29(44-24(4)39)21-35-32(40)27-15-13-26(14-16-27)25-11-8-7-9-12-25/h7-9,11-16,28-31H,6,10,17-21H2,1-5H3,(H,35,40)(H,36,38)/t28-,29?,30-,31?,34-/m1/s1. The Morgan fingerprint density at radius 3 is 2.26 bits per heavy atom. The number of ketones is 1. The van der Waals surface area contributed by atoms with Crippen molar-refractivity contribution in [3.05, 3.63) is 60.2 Å². The Morgan fingerprint density at radius 1 is 1.00 bits per heavy atom. The van der Waals surface area contributed by atoms with E-state index in [0.29, 0.717) is 12.0 Å². The summed E-state index contributed by atoms with van der Waals surface area (Å²) in [5.74, 6) is -4.01.